The van der Waals surface area contributed by atoms with Crippen molar-refractivity contribution < 1.29 is 18.9 Å². The van der Waals surface area contributed by atoms with Crippen molar-refractivity contribution in [3.05, 3.63) is 80.8 Å². The lowest BCUT2D eigenvalue weighted by molar-refractivity contribution is -0.384. The van der Waals surface area contributed by atoms with Gasteiger partial charge in [0, 0.05) is 27.9 Å². The second kappa shape index (κ2) is 7.96. The predicted molar refractivity (Wildman–Crippen MR) is 115 cm³/mol. The van der Waals surface area contributed by atoms with Crippen molar-refractivity contribution in [3.8, 4) is 17.2 Å². The minimum atomic E-state index is -0.550. The number of rotatable bonds is 5. The van der Waals surface area contributed by atoms with Crippen LogP contribution < -0.4 is 10.1 Å². The molecule has 1 amide bonds. The number of nitro benzene ring substituents is 1. The minimum absolute atomic E-state index is 0.156. The molecule has 0 spiro atoms. The Bertz CT molecular complexity index is 1270. The van der Waals surface area contributed by atoms with E-state index in [1.54, 1.807) is 25.3 Å². The molecule has 0 atom stereocenters. The van der Waals surface area contributed by atoms with Crippen molar-refractivity contribution in [3.63, 3.8) is 0 Å². The number of nitrogens with one attached hydrogen (secondary N) is 1. The highest BCUT2D eigenvalue weighted by Crippen LogP contribution is 2.28. The molecule has 0 saturated heterocycles. The summed E-state index contributed by atoms with van der Waals surface area (Å²) in [6, 6.07) is 16.4. The topological polar surface area (TPSA) is 108 Å². The normalized spacial score (nSPS) is 10.7. The number of nitrogens with zero attached hydrogens (tertiary/aromatic N) is 2. The van der Waals surface area contributed by atoms with E-state index in [2.05, 4.69) is 26.2 Å². The van der Waals surface area contributed by atoms with E-state index >= 15 is 0 Å². The Hall–Kier alpha value is -3.72. The lowest BCUT2D eigenvalue weighted by atomic mass is 10.2. The van der Waals surface area contributed by atoms with Gasteiger partial charge in [-0.3, -0.25) is 14.9 Å². The molecular weight excluding hydrogens is 454 g/mol. The van der Waals surface area contributed by atoms with Gasteiger partial charge in [-0.25, -0.2) is 4.98 Å². The summed E-state index contributed by atoms with van der Waals surface area (Å²) in [5.41, 5.74) is 2.40. The van der Waals surface area contributed by atoms with Crippen LogP contribution in [0.15, 0.2) is 69.6 Å². The van der Waals surface area contributed by atoms with Gasteiger partial charge in [0.25, 0.3) is 11.6 Å². The monoisotopic (exact) mass is 467 g/mol. The number of carbonyl (C=O) groups excluding carboxylic acids is 1. The Morgan fingerprint density at radius 1 is 1.13 bits per heavy atom. The molecule has 150 valence electrons. The molecule has 0 saturated carbocycles. The van der Waals surface area contributed by atoms with Crippen molar-refractivity contribution in [2.24, 2.45) is 0 Å². The van der Waals surface area contributed by atoms with E-state index in [4.69, 9.17) is 9.15 Å². The van der Waals surface area contributed by atoms with E-state index < -0.39 is 10.8 Å². The second-order valence-electron chi connectivity index (χ2n) is 6.31. The summed E-state index contributed by atoms with van der Waals surface area (Å²) >= 11 is 3.25. The number of nitro groups is 1. The Kier molecular flexibility index (Phi) is 5.20. The fraction of sp³-hybridized carbons (Fsp3) is 0.0476. The van der Waals surface area contributed by atoms with Crippen LogP contribution in [0, 0.1) is 10.1 Å². The van der Waals surface area contributed by atoms with Crippen LogP contribution in [-0.4, -0.2) is 22.9 Å². The summed E-state index contributed by atoms with van der Waals surface area (Å²) in [7, 11) is 1.59. The van der Waals surface area contributed by atoms with Gasteiger partial charge in [0.15, 0.2) is 5.58 Å². The Morgan fingerprint density at radius 2 is 1.90 bits per heavy atom. The molecule has 1 N–H and O–H groups in total. The zero-order valence-electron chi connectivity index (χ0n) is 15.6. The van der Waals surface area contributed by atoms with Crippen LogP contribution in [0.4, 0.5) is 11.4 Å². The SMILES string of the molecule is COc1ccc(-c2nc3cc(NC(=O)c4cc([N+](=O)[O-])ccc4Br)ccc3o2)cc1. The first-order valence-electron chi connectivity index (χ1n) is 8.75. The minimum Gasteiger partial charge on any atom is -0.497 e. The van der Waals surface area contributed by atoms with Crippen LogP contribution in [-0.2, 0) is 0 Å². The third-order valence-corrected chi connectivity index (χ3v) is 5.08. The van der Waals surface area contributed by atoms with Gasteiger partial charge in [0.1, 0.15) is 11.3 Å². The number of hydrogen-bond donors (Lipinski definition) is 1. The lowest BCUT2D eigenvalue weighted by Gasteiger charge is -2.06. The van der Waals surface area contributed by atoms with Gasteiger partial charge in [-0.15, -0.1) is 0 Å². The van der Waals surface area contributed by atoms with E-state index in [0.717, 1.165) is 11.3 Å². The number of non-ortho nitro benzene ring substituents is 1. The van der Waals surface area contributed by atoms with Crippen LogP contribution in [0.5, 0.6) is 5.75 Å². The average Bonchev–Trinajstić information content (AvgIpc) is 3.17. The van der Waals surface area contributed by atoms with E-state index in [0.29, 0.717) is 27.2 Å². The largest absolute Gasteiger partial charge is 0.497 e. The Balaban J connectivity index is 1.60. The van der Waals surface area contributed by atoms with Gasteiger partial charge < -0.3 is 14.5 Å². The summed E-state index contributed by atoms with van der Waals surface area (Å²) in [6.07, 6.45) is 0. The van der Waals surface area contributed by atoms with Gasteiger partial charge in [0.05, 0.1) is 17.6 Å². The fourth-order valence-electron chi connectivity index (χ4n) is 2.86. The van der Waals surface area contributed by atoms with Crippen LogP contribution in [0.3, 0.4) is 0 Å². The van der Waals surface area contributed by atoms with Crippen molar-refractivity contribution in [1.82, 2.24) is 4.98 Å². The molecule has 3 aromatic carbocycles. The van der Waals surface area contributed by atoms with Crippen molar-refractivity contribution >= 4 is 44.3 Å². The van der Waals surface area contributed by atoms with Crippen LogP contribution in [0.25, 0.3) is 22.6 Å². The Morgan fingerprint density at radius 3 is 2.60 bits per heavy atom. The number of methoxy groups -OCH3 is 1. The molecule has 0 fully saturated rings. The van der Waals surface area contributed by atoms with E-state index in [1.807, 2.05) is 24.3 Å². The molecule has 1 heterocycles. The molecule has 0 radical (unpaired) electrons. The van der Waals surface area contributed by atoms with E-state index in [9.17, 15) is 14.9 Å². The maximum Gasteiger partial charge on any atom is 0.270 e. The summed E-state index contributed by atoms with van der Waals surface area (Å²) < 4.78 is 11.4. The third kappa shape index (κ3) is 3.87. The summed E-state index contributed by atoms with van der Waals surface area (Å²) in [4.78, 5) is 27.5. The molecule has 0 aliphatic carbocycles. The molecule has 4 rings (SSSR count). The number of fused-ring (bicyclic) bond motifs is 1. The standard InChI is InChI=1S/C21H14BrN3O5/c1-29-15-6-2-12(3-7-15)21-24-18-10-13(4-9-19(18)30-21)23-20(26)16-11-14(25(27)28)5-8-17(16)22/h2-11H,1H3,(H,23,26). The van der Waals surface area contributed by atoms with Crippen molar-refractivity contribution in [2.45, 2.75) is 0 Å². The third-order valence-electron chi connectivity index (χ3n) is 4.39. The quantitative estimate of drug-likeness (QED) is 0.309. The molecule has 4 aromatic rings. The van der Waals surface area contributed by atoms with Crippen LogP contribution in [0.2, 0.25) is 0 Å². The van der Waals surface area contributed by atoms with Crippen molar-refractivity contribution in [1.29, 1.82) is 0 Å². The van der Waals surface area contributed by atoms with Crippen LogP contribution in [0.1, 0.15) is 10.4 Å². The zero-order valence-corrected chi connectivity index (χ0v) is 17.2. The molecule has 1 aromatic heterocycles. The molecule has 8 nitrogen and oxygen atoms in total. The number of anilines is 1. The molecule has 9 heteroatoms. The van der Waals surface area contributed by atoms with Gasteiger partial charge in [0.2, 0.25) is 5.89 Å². The number of carbonyl (C=O) groups is 1. The first-order chi connectivity index (χ1) is 14.4. The fourth-order valence-corrected chi connectivity index (χ4v) is 3.29. The molecule has 0 aliphatic heterocycles. The number of amides is 1. The highest BCUT2D eigenvalue weighted by atomic mass is 79.9. The van der Waals surface area contributed by atoms with Gasteiger partial charge in [-0.1, -0.05) is 0 Å². The first-order valence-corrected chi connectivity index (χ1v) is 9.54. The maximum atomic E-state index is 12.6. The average molecular weight is 468 g/mol. The summed E-state index contributed by atoms with van der Waals surface area (Å²) in [5.74, 6) is 0.688. The first kappa shape index (κ1) is 19.6. The van der Waals surface area contributed by atoms with Gasteiger partial charge in [-0.05, 0) is 64.5 Å². The van der Waals surface area contributed by atoms with Gasteiger partial charge >= 0.3 is 0 Å². The smallest absolute Gasteiger partial charge is 0.270 e. The molecule has 30 heavy (non-hydrogen) atoms. The Labute approximate surface area is 178 Å². The maximum absolute atomic E-state index is 12.6. The van der Waals surface area contributed by atoms with Gasteiger partial charge in [-0.2, -0.15) is 0 Å². The number of ether oxygens (including phenoxy) is 1. The number of hydrogen-bond acceptors (Lipinski definition) is 6. The number of aromatic nitrogens is 1. The van der Waals surface area contributed by atoms with Crippen LogP contribution >= 0.6 is 15.9 Å². The molecule has 0 unspecified atom stereocenters. The van der Waals surface area contributed by atoms with E-state index in [1.165, 1.54) is 18.2 Å². The summed E-state index contributed by atoms with van der Waals surface area (Å²) in [6.45, 7) is 0. The zero-order chi connectivity index (χ0) is 21.3. The number of halogens is 1. The highest BCUT2D eigenvalue weighted by Gasteiger charge is 2.16. The molecule has 0 bridgehead atoms. The van der Waals surface area contributed by atoms with Crippen molar-refractivity contribution in [2.75, 3.05) is 12.4 Å². The lowest BCUT2D eigenvalue weighted by Crippen LogP contribution is -2.12. The predicted octanol–water partition coefficient (Wildman–Crippen LogP) is 5.43. The molecule has 0 aliphatic rings. The number of oxazole rings is 1. The highest BCUT2D eigenvalue weighted by molar-refractivity contribution is 9.10. The molecular formula is C21H14BrN3O5. The van der Waals surface area contributed by atoms with E-state index in [-0.39, 0.29) is 11.3 Å². The summed E-state index contributed by atoms with van der Waals surface area (Å²) in [5, 5.41) is 13.7. The second-order valence-corrected chi connectivity index (χ2v) is 7.16. The number of benzene rings is 3.